The summed E-state index contributed by atoms with van der Waals surface area (Å²) in [5, 5.41) is 13.2. The van der Waals surface area contributed by atoms with E-state index in [1.165, 1.54) is 13.1 Å². The van der Waals surface area contributed by atoms with Gasteiger partial charge in [-0.3, -0.25) is 0 Å². The fourth-order valence-electron chi connectivity index (χ4n) is 2.04. The van der Waals surface area contributed by atoms with Crippen LogP contribution in [0.25, 0.3) is 0 Å². The van der Waals surface area contributed by atoms with Gasteiger partial charge in [-0.05, 0) is 19.2 Å². The molecule has 114 valence electrons. The summed E-state index contributed by atoms with van der Waals surface area (Å²) in [7, 11) is -2.22. The molecule has 0 unspecified atom stereocenters. The summed E-state index contributed by atoms with van der Waals surface area (Å²) in [5.74, 6) is 0.509. The monoisotopic (exact) mass is 304 g/mol. The minimum atomic E-state index is -3.55. The van der Waals surface area contributed by atoms with E-state index in [-0.39, 0.29) is 5.09 Å². The molecular formula is C12H20N2O5S. The van der Waals surface area contributed by atoms with E-state index >= 15 is 0 Å². The number of aliphatic hydroxyl groups is 1. The van der Waals surface area contributed by atoms with Crippen molar-refractivity contribution in [2.75, 3.05) is 26.8 Å². The van der Waals surface area contributed by atoms with E-state index in [2.05, 4.69) is 10.0 Å². The number of nitrogens with one attached hydrogen (secondary N) is 2. The van der Waals surface area contributed by atoms with Crippen LogP contribution in [0.15, 0.2) is 21.6 Å². The molecule has 8 heteroatoms. The minimum Gasteiger partial charge on any atom is -0.447 e. The average Bonchev–Trinajstić information content (AvgIpc) is 2.89. The zero-order chi connectivity index (χ0) is 14.6. The van der Waals surface area contributed by atoms with Gasteiger partial charge >= 0.3 is 0 Å². The predicted molar refractivity (Wildman–Crippen MR) is 71.7 cm³/mol. The third-order valence-corrected chi connectivity index (χ3v) is 4.63. The Hall–Kier alpha value is -0.930. The molecule has 0 aromatic carbocycles. The number of rotatable bonds is 6. The van der Waals surface area contributed by atoms with Crippen LogP contribution in [0.2, 0.25) is 0 Å². The maximum absolute atomic E-state index is 11.5. The Labute approximate surface area is 118 Å². The van der Waals surface area contributed by atoms with Gasteiger partial charge in [0, 0.05) is 32.6 Å². The third kappa shape index (κ3) is 3.80. The Bertz CT molecular complexity index is 534. The summed E-state index contributed by atoms with van der Waals surface area (Å²) in [6.45, 7) is 1.90. The van der Waals surface area contributed by atoms with Gasteiger partial charge in [-0.1, -0.05) is 0 Å². The molecule has 3 N–H and O–H groups in total. The molecule has 0 radical (unpaired) electrons. The van der Waals surface area contributed by atoms with Gasteiger partial charge in [-0.15, -0.1) is 0 Å². The standard InChI is InChI=1S/C12H20N2O5S/c1-13-20(16,17)11-3-2-10(19-11)8-14-9-12(15)4-6-18-7-5-12/h2-3,13-15H,4-9H2,1H3. The van der Waals surface area contributed by atoms with Gasteiger partial charge in [0.25, 0.3) is 10.0 Å². The smallest absolute Gasteiger partial charge is 0.273 e. The molecule has 1 aromatic heterocycles. The van der Waals surface area contributed by atoms with Crippen molar-refractivity contribution in [3.8, 4) is 0 Å². The number of hydrogen-bond acceptors (Lipinski definition) is 6. The van der Waals surface area contributed by atoms with Gasteiger partial charge < -0.3 is 19.6 Å². The Kier molecular flexibility index (Phi) is 4.82. The van der Waals surface area contributed by atoms with Crippen molar-refractivity contribution < 1.29 is 22.7 Å². The van der Waals surface area contributed by atoms with Crippen molar-refractivity contribution in [1.29, 1.82) is 0 Å². The van der Waals surface area contributed by atoms with E-state index < -0.39 is 15.6 Å². The van der Waals surface area contributed by atoms with Crippen LogP contribution in [0.4, 0.5) is 0 Å². The summed E-state index contributed by atoms with van der Waals surface area (Å²) in [4.78, 5) is 0. The fourth-order valence-corrected chi connectivity index (χ4v) is 2.71. The summed E-state index contributed by atoms with van der Waals surface area (Å²) in [6, 6.07) is 3.01. The molecule has 0 saturated carbocycles. The molecule has 1 aromatic rings. The molecule has 0 amide bonds. The highest BCUT2D eigenvalue weighted by Gasteiger charge is 2.29. The summed E-state index contributed by atoms with van der Waals surface area (Å²) in [6.07, 6.45) is 1.19. The molecule has 1 fully saturated rings. The van der Waals surface area contributed by atoms with E-state index in [1.54, 1.807) is 6.07 Å². The number of hydrogen-bond donors (Lipinski definition) is 3. The van der Waals surface area contributed by atoms with E-state index in [1.807, 2.05) is 0 Å². The lowest BCUT2D eigenvalue weighted by Gasteiger charge is -2.32. The van der Waals surface area contributed by atoms with E-state index in [0.29, 0.717) is 44.9 Å². The number of furan rings is 1. The molecule has 1 aliphatic rings. The highest BCUT2D eigenvalue weighted by atomic mass is 32.2. The van der Waals surface area contributed by atoms with Crippen molar-refractivity contribution in [1.82, 2.24) is 10.0 Å². The molecule has 2 rings (SSSR count). The normalized spacial score (nSPS) is 19.1. The lowest BCUT2D eigenvalue weighted by atomic mass is 9.94. The van der Waals surface area contributed by atoms with E-state index in [9.17, 15) is 13.5 Å². The van der Waals surface area contributed by atoms with Crippen molar-refractivity contribution in [2.24, 2.45) is 0 Å². The number of ether oxygens (including phenoxy) is 1. The van der Waals surface area contributed by atoms with Crippen molar-refractivity contribution in [3.63, 3.8) is 0 Å². The van der Waals surface area contributed by atoms with Gasteiger partial charge in [0.1, 0.15) is 5.76 Å². The van der Waals surface area contributed by atoms with Crippen LogP contribution in [0.3, 0.4) is 0 Å². The molecular weight excluding hydrogens is 284 g/mol. The van der Waals surface area contributed by atoms with Crippen molar-refractivity contribution in [3.05, 3.63) is 17.9 Å². The van der Waals surface area contributed by atoms with Crippen LogP contribution in [0.1, 0.15) is 18.6 Å². The van der Waals surface area contributed by atoms with Crippen molar-refractivity contribution in [2.45, 2.75) is 30.1 Å². The first-order valence-corrected chi connectivity index (χ1v) is 7.97. The second-order valence-electron chi connectivity index (χ2n) is 4.87. The van der Waals surface area contributed by atoms with E-state index in [4.69, 9.17) is 9.15 Å². The van der Waals surface area contributed by atoms with Crippen LogP contribution in [-0.2, 0) is 21.3 Å². The molecule has 1 aliphatic heterocycles. The predicted octanol–water partition coefficient (Wildman–Crippen LogP) is -0.181. The maximum Gasteiger partial charge on any atom is 0.273 e. The number of sulfonamides is 1. The van der Waals surface area contributed by atoms with Gasteiger partial charge in [0.2, 0.25) is 5.09 Å². The van der Waals surface area contributed by atoms with Gasteiger partial charge in [-0.2, -0.15) is 0 Å². The topological polar surface area (TPSA) is 101 Å². The van der Waals surface area contributed by atoms with Crippen molar-refractivity contribution >= 4 is 10.0 Å². The molecule has 2 heterocycles. The quantitative estimate of drug-likeness (QED) is 0.674. The summed E-state index contributed by atoms with van der Waals surface area (Å²) >= 11 is 0. The zero-order valence-electron chi connectivity index (χ0n) is 11.4. The Morgan fingerprint density at radius 3 is 2.70 bits per heavy atom. The van der Waals surface area contributed by atoms with Crippen LogP contribution in [0.5, 0.6) is 0 Å². The largest absolute Gasteiger partial charge is 0.447 e. The third-order valence-electron chi connectivity index (χ3n) is 3.35. The second kappa shape index (κ2) is 6.23. The van der Waals surface area contributed by atoms with Gasteiger partial charge in [0.15, 0.2) is 0 Å². The highest BCUT2D eigenvalue weighted by Crippen LogP contribution is 2.19. The Morgan fingerprint density at radius 1 is 1.35 bits per heavy atom. The Balaban J connectivity index is 1.86. The molecule has 1 saturated heterocycles. The fraction of sp³-hybridized carbons (Fsp3) is 0.667. The SMILES string of the molecule is CNS(=O)(=O)c1ccc(CNCC2(O)CCOCC2)o1. The van der Waals surface area contributed by atoms with Crippen LogP contribution in [0, 0.1) is 0 Å². The zero-order valence-corrected chi connectivity index (χ0v) is 12.2. The highest BCUT2D eigenvalue weighted by molar-refractivity contribution is 7.89. The molecule has 20 heavy (non-hydrogen) atoms. The second-order valence-corrected chi connectivity index (χ2v) is 6.69. The molecule has 0 bridgehead atoms. The lowest BCUT2D eigenvalue weighted by molar-refractivity contribution is -0.0618. The average molecular weight is 304 g/mol. The minimum absolute atomic E-state index is 0.110. The van der Waals surface area contributed by atoms with E-state index in [0.717, 1.165) is 0 Å². The first kappa shape index (κ1) is 15.5. The molecule has 0 atom stereocenters. The van der Waals surface area contributed by atoms with Crippen LogP contribution in [-0.4, -0.2) is 45.9 Å². The van der Waals surface area contributed by atoms with Crippen LogP contribution >= 0.6 is 0 Å². The van der Waals surface area contributed by atoms with Crippen LogP contribution < -0.4 is 10.0 Å². The first-order chi connectivity index (χ1) is 9.45. The summed E-state index contributed by atoms with van der Waals surface area (Å²) in [5.41, 5.74) is -0.759. The Morgan fingerprint density at radius 2 is 2.05 bits per heavy atom. The maximum atomic E-state index is 11.5. The van der Waals surface area contributed by atoms with Gasteiger partial charge in [-0.25, -0.2) is 13.1 Å². The molecule has 0 spiro atoms. The summed E-state index contributed by atoms with van der Waals surface area (Å²) < 4.78 is 35.6. The first-order valence-electron chi connectivity index (χ1n) is 6.48. The molecule has 0 aliphatic carbocycles. The molecule has 7 nitrogen and oxygen atoms in total. The lowest BCUT2D eigenvalue weighted by Crippen LogP contribution is -2.44. The van der Waals surface area contributed by atoms with Gasteiger partial charge in [0.05, 0.1) is 12.1 Å².